The van der Waals surface area contributed by atoms with Gasteiger partial charge in [-0.25, -0.2) is 9.18 Å². The third-order valence-electron chi connectivity index (χ3n) is 3.56. The van der Waals surface area contributed by atoms with Crippen molar-refractivity contribution in [2.45, 2.75) is 12.6 Å². The SMILES string of the molecule is O=C(NC[C@H]1COCCO1)Nc1cnn(Cc2ccccc2F)c1. The maximum absolute atomic E-state index is 13.6. The Hall–Kier alpha value is -2.45. The number of aromatic nitrogens is 2. The van der Waals surface area contributed by atoms with Crippen LogP contribution in [0.25, 0.3) is 0 Å². The van der Waals surface area contributed by atoms with Gasteiger partial charge in [-0.05, 0) is 6.07 Å². The normalized spacial score (nSPS) is 17.5. The highest BCUT2D eigenvalue weighted by molar-refractivity contribution is 5.88. The predicted octanol–water partition coefficient (Wildman–Crippen LogP) is 1.61. The van der Waals surface area contributed by atoms with Crippen molar-refractivity contribution in [3.63, 3.8) is 0 Å². The summed E-state index contributed by atoms with van der Waals surface area (Å²) in [7, 11) is 0. The number of amides is 2. The van der Waals surface area contributed by atoms with Gasteiger partial charge < -0.3 is 20.1 Å². The molecule has 1 aliphatic rings. The van der Waals surface area contributed by atoms with Crippen molar-refractivity contribution in [1.82, 2.24) is 15.1 Å². The topological polar surface area (TPSA) is 77.4 Å². The van der Waals surface area contributed by atoms with Crippen LogP contribution in [0.4, 0.5) is 14.9 Å². The first-order valence-electron chi connectivity index (χ1n) is 7.71. The largest absolute Gasteiger partial charge is 0.376 e. The van der Waals surface area contributed by atoms with E-state index in [2.05, 4.69) is 15.7 Å². The van der Waals surface area contributed by atoms with E-state index in [0.29, 0.717) is 44.2 Å². The number of benzene rings is 1. The van der Waals surface area contributed by atoms with Crippen LogP contribution in [0.5, 0.6) is 0 Å². The number of urea groups is 1. The van der Waals surface area contributed by atoms with Crippen molar-refractivity contribution in [3.05, 3.63) is 48.0 Å². The highest BCUT2D eigenvalue weighted by Crippen LogP contribution is 2.11. The van der Waals surface area contributed by atoms with Crippen molar-refractivity contribution in [3.8, 4) is 0 Å². The second-order valence-electron chi connectivity index (χ2n) is 5.42. The zero-order chi connectivity index (χ0) is 16.8. The van der Waals surface area contributed by atoms with Crippen LogP contribution in [0.1, 0.15) is 5.56 Å². The van der Waals surface area contributed by atoms with Gasteiger partial charge in [-0.15, -0.1) is 0 Å². The standard InChI is InChI=1S/C16H19FN4O3/c17-15-4-2-1-3-12(15)9-21-10-13(7-19-21)20-16(22)18-8-14-11-23-5-6-24-14/h1-4,7,10,14H,5-6,8-9,11H2,(H2,18,20,22)/t14-/m0/s1. The summed E-state index contributed by atoms with van der Waals surface area (Å²) in [5, 5.41) is 9.51. The van der Waals surface area contributed by atoms with Crippen LogP contribution in [0, 0.1) is 5.82 Å². The van der Waals surface area contributed by atoms with Crippen molar-refractivity contribution in [1.29, 1.82) is 0 Å². The van der Waals surface area contributed by atoms with E-state index < -0.39 is 0 Å². The Labute approximate surface area is 138 Å². The number of nitrogens with one attached hydrogen (secondary N) is 2. The van der Waals surface area contributed by atoms with Crippen LogP contribution in [0.3, 0.4) is 0 Å². The lowest BCUT2D eigenvalue weighted by Gasteiger charge is -2.22. The first-order valence-corrected chi connectivity index (χ1v) is 7.71. The van der Waals surface area contributed by atoms with E-state index >= 15 is 0 Å². The summed E-state index contributed by atoms with van der Waals surface area (Å²) in [5.41, 5.74) is 1.07. The maximum Gasteiger partial charge on any atom is 0.319 e. The fraction of sp³-hybridized carbons (Fsp3) is 0.375. The van der Waals surface area contributed by atoms with Crippen molar-refractivity contribution in [2.24, 2.45) is 0 Å². The van der Waals surface area contributed by atoms with E-state index in [4.69, 9.17) is 9.47 Å². The lowest BCUT2D eigenvalue weighted by molar-refractivity contribution is -0.0852. The van der Waals surface area contributed by atoms with Crippen molar-refractivity contribution >= 4 is 11.7 Å². The van der Waals surface area contributed by atoms with Gasteiger partial charge in [-0.3, -0.25) is 4.68 Å². The average Bonchev–Trinajstić information content (AvgIpc) is 3.03. The Bertz CT molecular complexity index is 685. The van der Waals surface area contributed by atoms with Gasteiger partial charge in [-0.2, -0.15) is 5.10 Å². The number of nitrogens with zero attached hydrogens (tertiary/aromatic N) is 2. The average molecular weight is 334 g/mol. The minimum absolute atomic E-state index is 0.131. The molecule has 0 radical (unpaired) electrons. The van der Waals surface area contributed by atoms with Gasteiger partial charge in [0.25, 0.3) is 0 Å². The summed E-state index contributed by atoms with van der Waals surface area (Å²) in [4.78, 5) is 11.9. The molecule has 1 aromatic heterocycles. The highest BCUT2D eigenvalue weighted by Gasteiger charge is 2.15. The molecule has 0 aliphatic carbocycles. The minimum atomic E-state index is -0.352. The van der Waals surface area contributed by atoms with E-state index in [-0.39, 0.29) is 18.0 Å². The molecule has 128 valence electrons. The van der Waals surface area contributed by atoms with Gasteiger partial charge in [0, 0.05) is 18.3 Å². The van der Waals surface area contributed by atoms with Crippen LogP contribution in [0.15, 0.2) is 36.7 Å². The molecule has 0 bridgehead atoms. The van der Waals surface area contributed by atoms with Crippen LogP contribution < -0.4 is 10.6 Å². The van der Waals surface area contributed by atoms with Crippen molar-refractivity contribution in [2.75, 3.05) is 31.7 Å². The smallest absolute Gasteiger partial charge is 0.319 e. The quantitative estimate of drug-likeness (QED) is 0.871. The molecular weight excluding hydrogens is 315 g/mol. The van der Waals surface area contributed by atoms with Gasteiger partial charge in [-0.1, -0.05) is 18.2 Å². The Kier molecular flexibility index (Phi) is 5.39. The Morgan fingerprint density at radius 3 is 3.04 bits per heavy atom. The summed E-state index contributed by atoms with van der Waals surface area (Å²) in [6, 6.07) is 6.16. The van der Waals surface area contributed by atoms with Crippen LogP contribution in [0.2, 0.25) is 0 Å². The van der Waals surface area contributed by atoms with E-state index in [9.17, 15) is 9.18 Å². The van der Waals surface area contributed by atoms with Crippen LogP contribution >= 0.6 is 0 Å². The molecule has 2 amide bonds. The fourth-order valence-corrected chi connectivity index (χ4v) is 2.35. The number of halogens is 1. The molecule has 1 aliphatic heterocycles. The molecule has 1 fully saturated rings. The molecule has 1 atom stereocenters. The maximum atomic E-state index is 13.6. The summed E-state index contributed by atoms with van der Waals surface area (Å²) in [6.45, 7) is 2.26. The van der Waals surface area contributed by atoms with Crippen LogP contribution in [-0.2, 0) is 16.0 Å². The molecule has 1 aromatic carbocycles. The zero-order valence-corrected chi connectivity index (χ0v) is 13.1. The number of anilines is 1. The Balaban J connectivity index is 1.48. The lowest BCUT2D eigenvalue weighted by atomic mass is 10.2. The monoisotopic (exact) mass is 334 g/mol. The summed E-state index contributed by atoms with van der Waals surface area (Å²) in [5.74, 6) is -0.282. The molecule has 8 heteroatoms. The zero-order valence-electron chi connectivity index (χ0n) is 13.1. The molecule has 1 saturated heterocycles. The van der Waals surface area contributed by atoms with E-state index in [1.54, 1.807) is 29.1 Å². The Morgan fingerprint density at radius 1 is 1.38 bits per heavy atom. The lowest BCUT2D eigenvalue weighted by Crippen LogP contribution is -2.41. The van der Waals surface area contributed by atoms with Gasteiger partial charge >= 0.3 is 6.03 Å². The second kappa shape index (κ2) is 7.89. The third kappa shape index (κ3) is 4.53. The van der Waals surface area contributed by atoms with Gasteiger partial charge in [0.05, 0.1) is 44.4 Å². The molecule has 0 unspecified atom stereocenters. The molecule has 2 heterocycles. The van der Waals surface area contributed by atoms with Gasteiger partial charge in [0.1, 0.15) is 5.82 Å². The number of hydrogen-bond acceptors (Lipinski definition) is 4. The van der Waals surface area contributed by atoms with E-state index in [0.717, 1.165) is 0 Å². The number of carbonyl (C=O) groups excluding carboxylic acids is 1. The highest BCUT2D eigenvalue weighted by atomic mass is 19.1. The number of rotatable bonds is 5. The minimum Gasteiger partial charge on any atom is -0.376 e. The molecule has 24 heavy (non-hydrogen) atoms. The number of ether oxygens (including phenoxy) is 2. The molecule has 7 nitrogen and oxygen atoms in total. The number of hydrogen-bond donors (Lipinski definition) is 2. The summed E-state index contributed by atoms with van der Waals surface area (Å²) >= 11 is 0. The van der Waals surface area contributed by atoms with E-state index in [1.165, 1.54) is 12.3 Å². The van der Waals surface area contributed by atoms with Gasteiger partial charge in [0.2, 0.25) is 0 Å². The molecule has 2 N–H and O–H groups in total. The Morgan fingerprint density at radius 2 is 2.25 bits per heavy atom. The first-order chi connectivity index (χ1) is 11.7. The van der Waals surface area contributed by atoms with Gasteiger partial charge in [0.15, 0.2) is 0 Å². The van der Waals surface area contributed by atoms with Crippen LogP contribution in [-0.4, -0.2) is 48.3 Å². The number of carbonyl (C=O) groups is 1. The fourth-order valence-electron chi connectivity index (χ4n) is 2.35. The molecule has 2 aromatic rings. The summed E-state index contributed by atoms with van der Waals surface area (Å²) < 4.78 is 25.9. The second-order valence-corrected chi connectivity index (χ2v) is 5.42. The first kappa shape index (κ1) is 16.4. The third-order valence-corrected chi connectivity index (χ3v) is 3.56. The molecular formula is C16H19FN4O3. The summed E-state index contributed by atoms with van der Waals surface area (Å²) in [6.07, 6.45) is 3.03. The van der Waals surface area contributed by atoms with E-state index in [1.807, 2.05) is 0 Å². The predicted molar refractivity (Wildman–Crippen MR) is 85.3 cm³/mol. The molecule has 0 spiro atoms. The van der Waals surface area contributed by atoms with Crippen molar-refractivity contribution < 1.29 is 18.7 Å². The molecule has 3 rings (SSSR count). The molecule has 0 saturated carbocycles.